The van der Waals surface area contributed by atoms with Gasteiger partial charge in [-0.1, -0.05) is 24.6 Å². The molecule has 1 aromatic carbocycles. The number of halogens is 1. The molecule has 2 N–H and O–H groups in total. The maximum atomic E-state index is 11.7. The number of benzene rings is 1. The van der Waals surface area contributed by atoms with Crippen LogP contribution in [0.25, 0.3) is 0 Å². The van der Waals surface area contributed by atoms with Crippen LogP contribution in [-0.4, -0.2) is 37.6 Å². The monoisotopic (exact) mass is 270 g/mol. The molecule has 0 saturated carbocycles. The minimum atomic E-state index is -0.152. The fourth-order valence-corrected chi connectivity index (χ4v) is 1.62. The lowest BCUT2D eigenvalue weighted by Gasteiger charge is -2.20. The predicted octanol–water partition coefficient (Wildman–Crippen LogP) is 1.77. The molecule has 1 aromatic rings. The van der Waals surface area contributed by atoms with E-state index in [-0.39, 0.29) is 11.8 Å². The van der Waals surface area contributed by atoms with Gasteiger partial charge in [-0.3, -0.25) is 4.79 Å². The van der Waals surface area contributed by atoms with Crippen molar-refractivity contribution in [3.05, 3.63) is 29.3 Å². The lowest BCUT2D eigenvalue weighted by atomic mass is 10.1. The van der Waals surface area contributed by atoms with Gasteiger partial charge in [0.2, 0.25) is 5.91 Å². The Morgan fingerprint density at radius 2 is 2.28 bits per heavy atom. The van der Waals surface area contributed by atoms with Crippen molar-refractivity contribution < 1.29 is 9.53 Å². The molecule has 0 heterocycles. The fourth-order valence-electron chi connectivity index (χ4n) is 1.44. The molecule has 18 heavy (non-hydrogen) atoms. The Kier molecular flexibility index (Phi) is 5.95. The molecule has 0 radical (unpaired) electrons. The second-order valence-electron chi connectivity index (χ2n) is 4.20. The van der Waals surface area contributed by atoms with Gasteiger partial charge in [0.1, 0.15) is 12.4 Å². The van der Waals surface area contributed by atoms with Crippen molar-refractivity contribution in [2.75, 3.05) is 26.7 Å². The number of likely N-dealkylation sites (N-methyl/N-ethyl adjacent to an activating group) is 1. The number of carbonyl (C=O) groups excluding carboxylic acids is 1. The second kappa shape index (κ2) is 7.24. The Labute approximate surface area is 113 Å². The Morgan fingerprint density at radius 1 is 1.56 bits per heavy atom. The molecule has 0 saturated heterocycles. The number of carbonyl (C=O) groups is 1. The van der Waals surface area contributed by atoms with Crippen LogP contribution in [0, 0.1) is 5.92 Å². The summed E-state index contributed by atoms with van der Waals surface area (Å²) in [6.45, 7) is 3.13. The summed E-state index contributed by atoms with van der Waals surface area (Å²) in [5.41, 5.74) is 5.45. The van der Waals surface area contributed by atoms with Crippen molar-refractivity contribution >= 4 is 17.5 Å². The lowest BCUT2D eigenvalue weighted by Crippen LogP contribution is -2.37. The first-order chi connectivity index (χ1) is 8.54. The van der Waals surface area contributed by atoms with Crippen molar-refractivity contribution in [3.8, 4) is 5.75 Å². The van der Waals surface area contributed by atoms with E-state index in [0.717, 1.165) is 0 Å². The zero-order valence-electron chi connectivity index (χ0n) is 10.7. The zero-order chi connectivity index (χ0) is 13.5. The van der Waals surface area contributed by atoms with Crippen LogP contribution in [0.1, 0.15) is 6.92 Å². The summed E-state index contributed by atoms with van der Waals surface area (Å²) in [5, 5.41) is 0.633. The maximum Gasteiger partial charge on any atom is 0.226 e. The quantitative estimate of drug-likeness (QED) is 0.857. The van der Waals surface area contributed by atoms with Gasteiger partial charge in [-0.05, 0) is 18.2 Å². The lowest BCUT2D eigenvalue weighted by molar-refractivity contribution is -0.133. The first-order valence-corrected chi connectivity index (χ1v) is 6.25. The molecule has 4 nitrogen and oxygen atoms in total. The molecule has 0 aliphatic heterocycles. The van der Waals surface area contributed by atoms with Gasteiger partial charge in [0.25, 0.3) is 0 Å². The maximum absolute atomic E-state index is 11.7. The number of ether oxygens (including phenoxy) is 1. The van der Waals surface area contributed by atoms with Crippen LogP contribution in [0.15, 0.2) is 24.3 Å². The van der Waals surface area contributed by atoms with Crippen LogP contribution < -0.4 is 10.5 Å². The average molecular weight is 271 g/mol. The Balaban J connectivity index is 2.35. The minimum absolute atomic E-state index is 0.0344. The molecule has 0 aliphatic carbocycles. The molecule has 0 aliphatic rings. The third kappa shape index (κ3) is 4.55. The summed E-state index contributed by atoms with van der Waals surface area (Å²) in [6, 6.07) is 7.18. The first-order valence-electron chi connectivity index (χ1n) is 5.88. The van der Waals surface area contributed by atoms with Gasteiger partial charge in [0, 0.05) is 24.5 Å². The van der Waals surface area contributed by atoms with Crippen LogP contribution in [0.3, 0.4) is 0 Å². The summed E-state index contributed by atoms with van der Waals surface area (Å²) >= 11 is 5.84. The van der Waals surface area contributed by atoms with E-state index in [1.165, 1.54) is 0 Å². The molecule has 0 bridgehead atoms. The third-order valence-corrected chi connectivity index (χ3v) is 2.88. The summed E-state index contributed by atoms with van der Waals surface area (Å²) in [6.07, 6.45) is 0. The summed E-state index contributed by atoms with van der Waals surface area (Å²) < 4.78 is 5.51. The standard InChI is InChI=1S/C13H19ClN2O2/c1-10(9-15)13(17)16(2)6-7-18-12-5-3-4-11(14)8-12/h3-5,8,10H,6-7,9,15H2,1-2H3. The Hall–Kier alpha value is -1.26. The van der Waals surface area contributed by atoms with E-state index in [1.807, 2.05) is 19.1 Å². The number of hydrogen-bond acceptors (Lipinski definition) is 3. The largest absolute Gasteiger partial charge is 0.492 e. The Morgan fingerprint density at radius 3 is 2.89 bits per heavy atom. The van der Waals surface area contributed by atoms with E-state index in [2.05, 4.69) is 0 Å². The van der Waals surface area contributed by atoms with Gasteiger partial charge >= 0.3 is 0 Å². The molecule has 5 heteroatoms. The topological polar surface area (TPSA) is 55.6 Å². The third-order valence-electron chi connectivity index (χ3n) is 2.64. The summed E-state index contributed by atoms with van der Waals surface area (Å²) in [7, 11) is 1.75. The van der Waals surface area contributed by atoms with Crippen LogP contribution in [0.4, 0.5) is 0 Å². The van der Waals surface area contributed by atoms with E-state index in [9.17, 15) is 4.79 Å². The molecule has 0 aromatic heterocycles. The minimum Gasteiger partial charge on any atom is -0.492 e. The molecule has 1 atom stereocenters. The highest BCUT2D eigenvalue weighted by atomic mass is 35.5. The smallest absolute Gasteiger partial charge is 0.226 e. The van der Waals surface area contributed by atoms with Crippen molar-refractivity contribution in [2.24, 2.45) is 11.7 Å². The summed E-state index contributed by atoms with van der Waals surface area (Å²) in [5.74, 6) is 0.587. The highest BCUT2D eigenvalue weighted by molar-refractivity contribution is 6.30. The van der Waals surface area contributed by atoms with Gasteiger partial charge < -0.3 is 15.4 Å². The second-order valence-corrected chi connectivity index (χ2v) is 4.64. The highest BCUT2D eigenvalue weighted by Crippen LogP contribution is 2.16. The van der Waals surface area contributed by atoms with Crippen LogP contribution >= 0.6 is 11.6 Å². The molecule has 1 amide bonds. The van der Waals surface area contributed by atoms with Gasteiger partial charge in [0.05, 0.1) is 6.54 Å². The number of nitrogens with zero attached hydrogens (tertiary/aromatic N) is 1. The zero-order valence-corrected chi connectivity index (χ0v) is 11.5. The average Bonchev–Trinajstić information content (AvgIpc) is 2.36. The van der Waals surface area contributed by atoms with Gasteiger partial charge in [-0.25, -0.2) is 0 Å². The number of amides is 1. The molecule has 1 unspecified atom stereocenters. The molecule has 0 spiro atoms. The van der Waals surface area contributed by atoms with E-state index < -0.39 is 0 Å². The van der Waals surface area contributed by atoms with E-state index in [0.29, 0.717) is 30.5 Å². The normalized spacial score (nSPS) is 12.0. The number of nitrogens with two attached hydrogens (primary N) is 1. The van der Waals surface area contributed by atoms with Crippen molar-refractivity contribution in [1.29, 1.82) is 0 Å². The SMILES string of the molecule is CC(CN)C(=O)N(C)CCOc1cccc(Cl)c1. The van der Waals surface area contributed by atoms with Crippen LogP contribution in [-0.2, 0) is 4.79 Å². The van der Waals surface area contributed by atoms with E-state index >= 15 is 0 Å². The molecule has 1 rings (SSSR count). The summed E-state index contributed by atoms with van der Waals surface area (Å²) in [4.78, 5) is 13.4. The van der Waals surface area contributed by atoms with Crippen LogP contribution in [0.2, 0.25) is 5.02 Å². The number of hydrogen-bond donors (Lipinski definition) is 1. The van der Waals surface area contributed by atoms with Gasteiger partial charge in [-0.2, -0.15) is 0 Å². The molecule has 0 fully saturated rings. The predicted molar refractivity (Wildman–Crippen MR) is 72.8 cm³/mol. The van der Waals surface area contributed by atoms with Crippen molar-refractivity contribution in [1.82, 2.24) is 4.90 Å². The van der Waals surface area contributed by atoms with E-state index in [4.69, 9.17) is 22.1 Å². The van der Waals surface area contributed by atoms with Crippen molar-refractivity contribution in [2.45, 2.75) is 6.92 Å². The number of rotatable bonds is 6. The molecular formula is C13H19ClN2O2. The molecule has 100 valence electrons. The fraction of sp³-hybridized carbons (Fsp3) is 0.462. The van der Waals surface area contributed by atoms with E-state index in [1.54, 1.807) is 24.1 Å². The van der Waals surface area contributed by atoms with Gasteiger partial charge in [-0.15, -0.1) is 0 Å². The first kappa shape index (κ1) is 14.8. The van der Waals surface area contributed by atoms with Gasteiger partial charge in [0.15, 0.2) is 0 Å². The highest BCUT2D eigenvalue weighted by Gasteiger charge is 2.15. The van der Waals surface area contributed by atoms with Crippen LogP contribution in [0.5, 0.6) is 5.75 Å². The van der Waals surface area contributed by atoms with Crippen molar-refractivity contribution in [3.63, 3.8) is 0 Å². The Bertz CT molecular complexity index is 398. The molecular weight excluding hydrogens is 252 g/mol.